The number of carbonyl (C=O) groups excluding carboxylic acids is 2. The summed E-state index contributed by atoms with van der Waals surface area (Å²) in [5.41, 5.74) is 1.99. The molecular weight excluding hydrogens is 372 g/mol. The molecule has 0 aromatic heterocycles. The highest BCUT2D eigenvalue weighted by atomic mass is 16.3. The lowest BCUT2D eigenvalue weighted by Gasteiger charge is -2.28. The highest BCUT2D eigenvalue weighted by Crippen LogP contribution is 2.22. The van der Waals surface area contributed by atoms with Gasteiger partial charge in [0.05, 0.1) is 24.3 Å². The van der Waals surface area contributed by atoms with Gasteiger partial charge in [0.2, 0.25) is 0 Å². The molecule has 0 spiro atoms. The van der Waals surface area contributed by atoms with Gasteiger partial charge in [0.25, 0.3) is 0 Å². The zero-order valence-electron chi connectivity index (χ0n) is 16.9. The summed E-state index contributed by atoms with van der Waals surface area (Å²) < 4.78 is 0. The molecular formula is C21H32N4O4. The third-order valence-corrected chi connectivity index (χ3v) is 5.84. The molecule has 1 aromatic rings. The Hall–Kier alpha value is -2.32. The van der Waals surface area contributed by atoms with Crippen LogP contribution in [0.3, 0.4) is 0 Å². The Morgan fingerprint density at radius 1 is 0.828 bits per heavy atom. The third-order valence-electron chi connectivity index (χ3n) is 5.84. The van der Waals surface area contributed by atoms with Crippen LogP contribution < -0.4 is 21.3 Å². The van der Waals surface area contributed by atoms with E-state index >= 15 is 0 Å². The van der Waals surface area contributed by atoms with E-state index < -0.39 is 12.2 Å². The van der Waals surface area contributed by atoms with E-state index in [1.807, 2.05) is 13.0 Å². The van der Waals surface area contributed by atoms with Crippen LogP contribution in [0.2, 0.25) is 0 Å². The van der Waals surface area contributed by atoms with Crippen LogP contribution in [0.15, 0.2) is 18.2 Å². The highest BCUT2D eigenvalue weighted by molar-refractivity contribution is 5.93. The number of benzene rings is 1. The topological polar surface area (TPSA) is 123 Å². The second-order valence-electron chi connectivity index (χ2n) is 8.14. The summed E-state index contributed by atoms with van der Waals surface area (Å²) in [4.78, 5) is 24.6. The number of urea groups is 2. The highest BCUT2D eigenvalue weighted by Gasteiger charge is 2.25. The summed E-state index contributed by atoms with van der Waals surface area (Å²) in [6, 6.07) is 4.06. The molecule has 4 amide bonds. The number of hydrogen-bond donors (Lipinski definition) is 6. The Morgan fingerprint density at radius 2 is 1.34 bits per heavy atom. The lowest BCUT2D eigenvalue weighted by Crippen LogP contribution is -2.47. The van der Waals surface area contributed by atoms with Crippen molar-refractivity contribution >= 4 is 23.4 Å². The summed E-state index contributed by atoms with van der Waals surface area (Å²) >= 11 is 0. The first-order valence-corrected chi connectivity index (χ1v) is 10.5. The molecule has 0 radical (unpaired) electrons. The Balaban J connectivity index is 1.56. The number of carbonyl (C=O) groups is 2. The smallest absolute Gasteiger partial charge is 0.319 e. The van der Waals surface area contributed by atoms with Crippen LogP contribution in [0.25, 0.3) is 0 Å². The average molecular weight is 405 g/mol. The van der Waals surface area contributed by atoms with E-state index in [0.717, 1.165) is 44.1 Å². The molecule has 3 rings (SSSR count). The molecule has 29 heavy (non-hydrogen) atoms. The van der Waals surface area contributed by atoms with Crippen LogP contribution in [-0.4, -0.2) is 46.6 Å². The molecule has 2 saturated carbocycles. The first-order valence-electron chi connectivity index (χ1n) is 10.5. The standard InChI is InChI=1S/C21H32N4O4/c1-13-10-11-14(22-20(28)23-15-6-2-4-8-18(15)26)12-17(13)25-21(29)24-16-7-3-5-9-19(16)27/h10-12,15-16,18-19,26-27H,2-9H2,1H3,(H2,22,23,28)(H2,24,25,29)/t15-,16-,18+,19+/m1/s1. The Labute approximate surface area is 171 Å². The minimum atomic E-state index is -0.512. The molecule has 2 aliphatic rings. The van der Waals surface area contributed by atoms with E-state index in [1.54, 1.807) is 12.1 Å². The molecule has 8 heteroatoms. The molecule has 2 aliphatic carbocycles. The molecule has 1 aromatic carbocycles. The van der Waals surface area contributed by atoms with Crippen molar-refractivity contribution in [3.05, 3.63) is 23.8 Å². The van der Waals surface area contributed by atoms with Gasteiger partial charge in [-0.25, -0.2) is 9.59 Å². The number of hydrogen-bond acceptors (Lipinski definition) is 4. The molecule has 8 nitrogen and oxygen atoms in total. The quantitative estimate of drug-likeness (QED) is 0.462. The SMILES string of the molecule is Cc1ccc(NC(=O)N[C@@H]2CCCC[C@@H]2O)cc1NC(=O)N[C@@H]1CCCC[C@@H]1O. The van der Waals surface area contributed by atoms with Gasteiger partial charge in [-0.2, -0.15) is 0 Å². The molecule has 0 unspecified atom stereocenters. The van der Waals surface area contributed by atoms with E-state index in [9.17, 15) is 19.8 Å². The second kappa shape index (κ2) is 9.93. The van der Waals surface area contributed by atoms with Gasteiger partial charge in [0.15, 0.2) is 0 Å². The number of nitrogens with one attached hydrogen (secondary N) is 4. The Bertz CT molecular complexity index is 727. The molecule has 4 atom stereocenters. The van der Waals surface area contributed by atoms with Crippen molar-refractivity contribution in [3.8, 4) is 0 Å². The van der Waals surface area contributed by atoms with Gasteiger partial charge in [-0.05, 0) is 50.3 Å². The predicted octanol–water partition coefficient (Wildman–Crippen LogP) is 2.85. The lowest BCUT2D eigenvalue weighted by atomic mass is 9.93. The maximum atomic E-state index is 12.3. The molecule has 160 valence electrons. The molecule has 0 saturated heterocycles. The summed E-state index contributed by atoms with van der Waals surface area (Å²) in [6.45, 7) is 1.87. The normalized spacial score (nSPS) is 27.0. The fourth-order valence-electron chi connectivity index (χ4n) is 4.06. The number of aliphatic hydroxyl groups excluding tert-OH is 2. The Morgan fingerprint density at radius 3 is 1.90 bits per heavy atom. The van der Waals surface area contributed by atoms with Crippen LogP contribution in [0.4, 0.5) is 21.0 Å². The van der Waals surface area contributed by atoms with Gasteiger partial charge in [0.1, 0.15) is 0 Å². The van der Waals surface area contributed by atoms with Gasteiger partial charge in [-0.1, -0.05) is 31.7 Å². The molecule has 0 heterocycles. The van der Waals surface area contributed by atoms with Gasteiger partial charge in [-0.3, -0.25) is 0 Å². The van der Waals surface area contributed by atoms with E-state index in [1.165, 1.54) is 0 Å². The van der Waals surface area contributed by atoms with Crippen molar-refractivity contribution in [2.24, 2.45) is 0 Å². The van der Waals surface area contributed by atoms with Crippen molar-refractivity contribution in [1.82, 2.24) is 10.6 Å². The zero-order valence-corrected chi connectivity index (χ0v) is 16.9. The minimum absolute atomic E-state index is 0.237. The summed E-state index contributed by atoms with van der Waals surface area (Å²) in [5.74, 6) is 0. The van der Waals surface area contributed by atoms with Crippen LogP contribution in [-0.2, 0) is 0 Å². The molecule has 0 bridgehead atoms. The van der Waals surface area contributed by atoms with Crippen LogP contribution >= 0.6 is 0 Å². The average Bonchev–Trinajstić information content (AvgIpc) is 2.68. The van der Waals surface area contributed by atoms with Crippen molar-refractivity contribution < 1.29 is 19.8 Å². The number of rotatable bonds is 4. The number of anilines is 2. The second-order valence-corrected chi connectivity index (χ2v) is 8.14. The monoisotopic (exact) mass is 404 g/mol. The van der Waals surface area contributed by atoms with E-state index in [2.05, 4.69) is 21.3 Å². The first kappa shape index (κ1) is 21.4. The zero-order chi connectivity index (χ0) is 20.8. The van der Waals surface area contributed by atoms with Gasteiger partial charge in [-0.15, -0.1) is 0 Å². The minimum Gasteiger partial charge on any atom is -0.391 e. The maximum absolute atomic E-state index is 12.3. The largest absolute Gasteiger partial charge is 0.391 e. The van der Waals surface area contributed by atoms with E-state index in [4.69, 9.17) is 0 Å². The maximum Gasteiger partial charge on any atom is 0.319 e. The first-order chi connectivity index (χ1) is 13.9. The Kier molecular flexibility index (Phi) is 7.33. The van der Waals surface area contributed by atoms with Gasteiger partial charge < -0.3 is 31.5 Å². The van der Waals surface area contributed by atoms with E-state index in [-0.39, 0.29) is 24.1 Å². The van der Waals surface area contributed by atoms with E-state index in [0.29, 0.717) is 24.2 Å². The van der Waals surface area contributed by atoms with Crippen molar-refractivity contribution in [1.29, 1.82) is 0 Å². The van der Waals surface area contributed by atoms with Crippen LogP contribution in [0.1, 0.15) is 56.9 Å². The van der Waals surface area contributed by atoms with Crippen molar-refractivity contribution in [2.45, 2.75) is 82.6 Å². The summed E-state index contributed by atoms with van der Waals surface area (Å²) in [5, 5.41) is 31.3. The van der Waals surface area contributed by atoms with Crippen LogP contribution in [0.5, 0.6) is 0 Å². The predicted molar refractivity (Wildman–Crippen MR) is 112 cm³/mol. The number of amides is 4. The summed E-state index contributed by atoms with van der Waals surface area (Å²) in [6.07, 6.45) is 5.86. The molecule has 0 aliphatic heterocycles. The number of aryl methyl sites for hydroxylation is 1. The molecule has 6 N–H and O–H groups in total. The summed E-state index contributed by atoms with van der Waals surface area (Å²) in [7, 11) is 0. The lowest BCUT2D eigenvalue weighted by molar-refractivity contribution is 0.0955. The van der Waals surface area contributed by atoms with Gasteiger partial charge >= 0.3 is 12.1 Å². The fourth-order valence-corrected chi connectivity index (χ4v) is 4.06. The fraction of sp³-hybridized carbons (Fsp3) is 0.619. The number of aliphatic hydroxyl groups is 2. The molecule has 2 fully saturated rings. The van der Waals surface area contributed by atoms with Gasteiger partial charge in [0, 0.05) is 11.4 Å². The van der Waals surface area contributed by atoms with Crippen molar-refractivity contribution in [2.75, 3.05) is 10.6 Å². The van der Waals surface area contributed by atoms with Crippen LogP contribution in [0, 0.1) is 6.92 Å². The third kappa shape index (κ3) is 6.08. The van der Waals surface area contributed by atoms with Crippen molar-refractivity contribution in [3.63, 3.8) is 0 Å².